The number of nitrogens with one attached hydrogen (secondary N) is 3. The topological polar surface area (TPSA) is 85.9 Å². The lowest BCUT2D eigenvalue weighted by Gasteiger charge is -2.40. The van der Waals surface area contributed by atoms with Crippen LogP contribution >= 0.6 is 0 Å². The number of hydrogen-bond acceptors (Lipinski definition) is 6. The highest BCUT2D eigenvalue weighted by atomic mass is 16.5. The summed E-state index contributed by atoms with van der Waals surface area (Å²) in [4.78, 5) is 30.5. The lowest BCUT2D eigenvalue weighted by atomic mass is 9.92. The molecule has 2 saturated heterocycles. The Kier molecular flexibility index (Phi) is 5.52. The Labute approximate surface area is 177 Å². The minimum absolute atomic E-state index is 0.0363. The van der Waals surface area contributed by atoms with Crippen LogP contribution in [0.1, 0.15) is 19.3 Å². The summed E-state index contributed by atoms with van der Waals surface area (Å²) in [5, 5.41) is 10.1. The first kappa shape index (κ1) is 19.6. The van der Waals surface area contributed by atoms with E-state index >= 15 is 0 Å². The molecule has 1 aliphatic carbocycles. The second kappa shape index (κ2) is 8.43. The first-order valence-corrected chi connectivity index (χ1v) is 11.2. The molecule has 0 spiro atoms. The standard InChI is InChI=1S/C22H31N5O3/c28-21(26-7-9-30-10-8-26)16-11-17(13-23-12-16)27(14-15-5-6-15)22(29)20-24-18-3-1-2-4-19(18)25-20/h1-4,15-17,20,23-25H,5-14H2/t16-,17+/m1/s1. The molecule has 2 amide bonds. The molecule has 30 heavy (non-hydrogen) atoms. The summed E-state index contributed by atoms with van der Waals surface area (Å²) in [6.07, 6.45) is 2.65. The van der Waals surface area contributed by atoms with Crippen LogP contribution < -0.4 is 16.0 Å². The molecule has 0 bridgehead atoms. The molecule has 0 radical (unpaired) electrons. The van der Waals surface area contributed by atoms with Crippen LogP contribution in [0.25, 0.3) is 0 Å². The summed E-state index contributed by atoms with van der Waals surface area (Å²) < 4.78 is 5.39. The van der Waals surface area contributed by atoms with E-state index in [-0.39, 0.29) is 23.8 Å². The van der Waals surface area contributed by atoms with Gasteiger partial charge in [-0.3, -0.25) is 9.59 Å². The lowest BCUT2D eigenvalue weighted by molar-refractivity contribution is -0.143. The normalized spacial score (nSPS) is 26.5. The number of amides is 2. The minimum Gasteiger partial charge on any atom is -0.378 e. The van der Waals surface area contributed by atoms with Crippen LogP contribution in [0.5, 0.6) is 0 Å². The van der Waals surface area contributed by atoms with E-state index in [1.54, 1.807) is 0 Å². The molecule has 3 N–H and O–H groups in total. The maximum absolute atomic E-state index is 13.5. The largest absolute Gasteiger partial charge is 0.378 e. The van der Waals surface area contributed by atoms with Gasteiger partial charge in [-0.05, 0) is 37.3 Å². The number of benzene rings is 1. The number of carbonyl (C=O) groups excluding carboxylic acids is 2. The highest BCUT2D eigenvalue weighted by Crippen LogP contribution is 2.34. The van der Waals surface area contributed by atoms with Crippen LogP contribution in [0.15, 0.2) is 24.3 Å². The number of piperidine rings is 1. The van der Waals surface area contributed by atoms with Crippen molar-refractivity contribution in [1.82, 2.24) is 15.1 Å². The van der Waals surface area contributed by atoms with E-state index in [0.29, 0.717) is 38.8 Å². The third-order valence-electron chi connectivity index (χ3n) is 6.65. The summed E-state index contributed by atoms with van der Waals surface area (Å²) in [6.45, 7) is 4.76. The number of hydrogen-bond donors (Lipinski definition) is 3. The van der Waals surface area contributed by atoms with Crippen molar-refractivity contribution in [2.24, 2.45) is 11.8 Å². The molecule has 1 aromatic carbocycles. The predicted octanol–water partition coefficient (Wildman–Crippen LogP) is 0.926. The average molecular weight is 414 g/mol. The zero-order valence-corrected chi connectivity index (χ0v) is 17.3. The third-order valence-corrected chi connectivity index (χ3v) is 6.65. The summed E-state index contributed by atoms with van der Waals surface area (Å²) in [5.41, 5.74) is 1.92. The van der Waals surface area contributed by atoms with Crippen molar-refractivity contribution >= 4 is 23.2 Å². The van der Waals surface area contributed by atoms with Crippen molar-refractivity contribution in [2.45, 2.75) is 31.5 Å². The van der Waals surface area contributed by atoms with Gasteiger partial charge in [-0.2, -0.15) is 0 Å². The van der Waals surface area contributed by atoms with Crippen molar-refractivity contribution in [2.75, 3.05) is 56.6 Å². The summed E-state index contributed by atoms with van der Waals surface area (Å²) in [7, 11) is 0. The van der Waals surface area contributed by atoms with Gasteiger partial charge >= 0.3 is 0 Å². The molecule has 3 aliphatic heterocycles. The quantitative estimate of drug-likeness (QED) is 0.666. The molecule has 3 fully saturated rings. The number of rotatable bonds is 5. The molecular weight excluding hydrogens is 382 g/mol. The molecule has 2 atom stereocenters. The Balaban J connectivity index is 1.27. The fourth-order valence-corrected chi connectivity index (χ4v) is 4.76. The van der Waals surface area contributed by atoms with Crippen LogP contribution in [0.4, 0.5) is 11.4 Å². The van der Waals surface area contributed by atoms with Gasteiger partial charge in [0.05, 0.1) is 30.5 Å². The van der Waals surface area contributed by atoms with Gasteiger partial charge in [0.15, 0.2) is 6.17 Å². The van der Waals surface area contributed by atoms with E-state index in [2.05, 4.69) is 16.0 Å². The number of nitrogens with zero attached hydrogens (tertiary/aromatic N) is 2. The highest BCUT2D eigenvalue weighted by molar-refractivity contribution is 5.93. The first-order valence-electron chi connectivity index (χ1n) is 11.2. The smallest absolute Gasteiger partial charge is 0.266 e. The van der Waals surface area contributed by atoms with Crippen LogP contribution in [-0.4, -0.2) is 79.8 Å². The maximum Gasteiger partial charge on any atom is 0.266 e. The van der Waals surface area contributed by atoms with Crippen molar-refractivity contribution in [3.8, 4) is 0 Å². The Morgan fingerprint density at radius 2 is 1.77 bits per heavy atom. The van der Waals surface area contributed by atoms with E-state index in [1.165, 1.54) is 12.8 Å². The molecule has 162 valence electrons. The average Bonchev–Trinajstić information content (AvgIpc) is 3.52. The molecule has 4 aliphatic rings. The van der Waals surface area contributed by atoms with Crippen LogP contribution in [-0.2, 0) is 14.3 Å². The van der Waals surface area contributed by atoms with Crippen LogP contribution in [0.2, 0.25) is 0 Å². The predicted molar refractivity (Wildman–Crippen MR) is 114 cm³/mol. The van der Waals surface area contributed by atoms with Crippen LogP contribution in [0.3, 0.4) is 0 Å². The molecule has 0 unspecified atom stereocenters. The number of ether oxygens (including phenoxy) is 1. The molecule has 8 heteroatoms. The Bertz CT molecular complexity index is 768. The molecule has 0 aromatic heterocycles. The van der Waals surface area contributed by atoms with E-state index in [9.17, 15) is 9.59 Å². The molecular formula is C22H31N5O3. The van der Waals surface area contributed by atoms with E-state index in [1.807, 2.05) is 34.1 Å². The van der Waals surface area contributed by atoms with E-state index in [4.69, 9.17) is 4.74 Å². The Morgan fingerprint density at radius 3 is 2.43 bits per heavy atom. The number of morpholine rings is 1. The minimum atomic E-state index is -0.448. The number of carbonyl (C=O) groups is 2. The van der Waals surface area contributed by atoms with Crippen molar-refractivity contribution in [1.29, 1.82) is 0 Å². The van der Waals surface area contributed by atoms with Crippen molar-refractivity contribution in [3.05, 3.63) is 24.3 Å². The first-order chi connectivity index (χ1) is 14.7. The van der Waals surface area contributed by atoms with Crippen LogP contribution in [0, 0.1) is 11.8 Å². The molecule has 1 aromatic rings. The zero-order valence-electron chi connectivity index (χ0n) is 17.3. The van der Waals surface area contributed by atoms with E-state index < -0.39 is 6.17 Å². The van der Waals surface area contributed by atoms with Gasteiger partial charge in [0, 0.05) is 38.8 Å². The molecule has 5 rings (SSSR count). The van der Waals surface area contributed by atoms with Crippen molar-refractivity contribution in [3.63, 3.8) is 0 Å². The summed E-state index contributed by atoms with van der Waals surface area (Å²) in [5.74, 6) is 0.773. The van der Waals surface area contributed by atoms with Gasteiger partial charge in [0.25, 0.3) is 5.91 Å². The Morgan fingerprint density at radius 1 is 1.07 bits per heavy atom. The second-order valence-corrected chi connectivity index (χ2v) is 8.88. The fourth-order valence-electron chi connectivity index (χ4n) is 4.76. The van der Waals surface area contributed by atoms with Crippen molar-refractivity contribution < 1.29 is 14.3 Å². The number of anilines is 2. The lowest BCUT2D eigenvalue weighted by Crippen LogP contribution is -2.58. The summed E-state index contributed by atoms with van der Waals surface area (Å²) in [6, 6.07) is 7.94. The molecule has 1 saturated carbocycles. The van der Waals surface area contributed by atoms with E-state index in [0.717, 1.165) is 30.9 Å². The molecule has 3 heterocycles. The maximum atomic E-state index is 13.5. The monoisotopic (exact) mass is 413 g/mol. The summed E-state index contributed by atoms with van der Waals surface area (Å²) >= 11 is 0. The Hall–Kier alpha value is -2.32. The fraction of sp³-hybridized carbons (Fsp3) is 0.636. The third kappa shape index (κ3) is 4.11. The van der Waals surface area contributed by atoms with Gasteiger partial charge in [0.1, 0.15) is 0 Å². The second-order valence-electron chi connectivity index (χ2n) is 8.88. The zero-order chi connectivity index (χ0) is 20.5. The van der Waals surface area contributed by atoms with Gasteiger partial charge in [-0.25, -0.2) is 0 Å². The number of para-hydroxylation sites is 2. The number of fused-ring (bicyclic) bond motifs is 1. The van der Waals surface area contributed by atoms with Gasteiger partial charge in [0.2, 0.25) is 5.91 Å². The SMILES string of the molecule is O=C([C@H]1CNC[C@@H](N(CC2CC2)C(=O)C2Nc3ccccc3N2)C1)N1CCOCC1. The molecule has 8 nitrogen and oxygen atoms in total. The van der Waals surface area contributed by atoms with Gasteiger partial charge < -0.3 is 30.5 Å². The van der Waals surface area contributed by atoms with Gasteiger partial charge in [-0.15, -0.1) is 0 Å². The van der Waals surface area contributed by atoms with Gasteiger partial charge in [-0.1, -0.05) is 12.1 Å². The highest BCUT2D eigenvalue weighted by Gasteiger charge is 2.40.